The zero-order chi connectivity index (χ0) is 13.7. The molecule has 0 unspecified atom stereocenters. The van der Waals surface area contributed by atoms with Gasteiger partial charge in [-0.1, -0.05) is 13.3 Å². The lowest BCUT2D eigenvalue weighted by atomic mass is 10.2. The average Bonchev–Trinajstić information content (AvgIpc) is 2.54. The number of hydrogen-bond donors (Lipinski definition) is 1. The van der Waals surface area contributed by atoms with Gasteiger partial charge in [-0.3, -0.25) is 4.68 Å². The summed E-state index contributed by atoms with van der Waals surface area (Å²) < 4.78 is 7.41. The van der Waals surface area contributed by atoms with Crippen LogP contribution in [0, 0.1) is 0 Å². The van der Waals surface area contributed by atoms with Crippen molar-refractivity contribution < 1.29 is 4.74 Å². The van der Waals surface area contributed by atoms with Crippen molar-refractivity contribution in [1.82, 2.24) is 9.78 Å². The van der Waals surface area contributed by atoms with Gasteiger partial charge >= 0.3 is 0 Å². The van der Waals surface area contributed by atoms with E-state index in [1.54, 1.807) is 0 Å². The predicted molar refractivity (Wildman–Crippen MR) is 76.0 cm³/mol. The van der Waals surface area contributed by atoms with E-state index in [0.29, 0.717) is 6.61 Å². The number of rotatable bonds is 7. The van der Waals surface area contributed by atoms with Gasteiger partial charge in [0.1, 0.15) is 5.82 Å². The first kappa shape index (κ1) is 14.8. The highest BCUT2D eigenvalue weighted by molar-refractivity contribution is 5.66. The molecule has 1 aromatic heterocycles. The number of ether oxygens (including phenoxy) is 1. The molecule has 0 aromatic carbocycles. The Hall–Kier alpha value is -1.23. The van der Waals surface area contributed by atoms with Gasteiger partial charge in [0.2, 0.25) is 0 Å². The molecule has 0 aliphatic rings. The summed E-state index contributed by atoms with van der Waals surface area (Å²) in [6.07, 6.45) is 2.24. The quantitative estimate of drug-likeness (QED) is 0.806. The Morgan fingerprint density at radius 2 is 2.11 bits per heavy atom. The fourth-order valence-electron chi connectivity index (χ4n) is 1.99. The summed E-state index contributed by atoms with van der Waals surface area (Å²) in [5.41, 5.74) is 7.95. The second-order valence-corrected chi connectivity index (χ2v) is 4.90. The SMILES string of the molecule is CCCc1nn(C)c(N(C)CCOC(C)C)c1N. The molecule has 5 heteroatoms. The van der Waals surface area contributed by atoms with Crippen molar-refractivity contribution in [2.45, 2.75) is 39.7 Å². The lowest BCUT2D eigenvalue weighted by Gasteiger charge is -2.20. The largest absolute Gasteiger partial charge is 0.394 e. The van der Waals surface area contributed by atoms with Crippen LogP contribution in [0.5, 0.6) is 0 Å². The summed E-state index contributed by atoms with van der Waals surface area (Å²) >= 11 is 0. The molecule has 0 atom stereocenters. The van der Waals surface area contributed by atoms with E-state index in [9.17, 15) is 0 Å². The minimum absolute atomic E-state index is 0.262. The number of likely N-dealkylation sites (N-methyl/N-ethyl adjacent to an activating group) is 1. The van der Waals surface area contributed by atoms with E-state index in [0.717, 1.165) is 36.6 Å². The van der Waals surface area contributed by atoms with E-state index < -0.39 is 0 Å². The van der Waals surface area contributed by atoms with E-state index >= 15 is 0 Å². The van der Waals surface area contributed by atoms with Gasteiger partial charge in [-0.2, -0.15) is 5.10 Å². The van der Waals surface area contributed by atoms with E-state index in [1.165, 1.54) is 0 Å². The summed E-state index contributed by atoms with van der Waals surface area (Å²) in [6, 6.07) is 0. The van der Waals surface area contributed by atoms with Crippen molar-refractivity contribution in [3.63, 3.8) is 0 Å². The normalized spacial score (nSPS) is 11.2. The summed E-state index contributed by atoms with van der Waals surface area (Å²) in [7, 11) is 3.96. The molecule has 0 bridgehead atoms. The summed E-state index contributed by atoms with van der Waals surface area (Å²) in [4.78, 5) is 2.10. The molecule has 0 radical (unpaired) electrons. The van der Waals surface area contributed by atoms with Gasteiger partial charge in [0.05, 0.1) is 24.1 Å². The molecule has 0 fully saturated rings. The molecule has 104 valence electrons. The van der Waals surface area contributed by atoms with Crippen LogP contribution in [0.1, 0.15) is 32.9 Å². The number of hydrogen-bond acceptors (Lipinski definition) is 4. The first-order valence-corrected chi connectivity index (χ1v) is 6.61. The van der Waals surface area contributed by atoms with Gasteiger partial charge in [0.25, 0.3) is 0 Å². The third kappa shape index (κ3) is 3.63. The molecule has 1 heterocycles. The Morgan fingerprint density at radius 1 is 1.44 bits per heavy atom. The highest BCUT2D eigenvalue weighted by atomic mass is 16.5. The van der Waals surface area contributed by atoms with Crippen LogP contribution in [0.15, 0.2) is 0 Å². The maximum absolute atomic E-state index is 6.16. The molecule has 0 saturated heterocycles. The molecular weight excluding hydrogens is 228 g/mol. The third-order valence-electron chi connectivity index (χ3n) is 2.86. The molecule has 0 aliphatic carbocycles. The van der Waals surface area contributed by atoms with Crippen LogP contribution in [0.3, 0.4) is 0 Å². The third-order valence-corrected chi connectivity index (χ3v) is 2.86. The average molecular weight is 254 g/mol. The maximum atomic E-state index is 6.16. The van der Waals surface area contributed by atoms with Crippen molar-refractivity contribution in [2.24, 2.45) is 7.05 Å². The lowest BCUT2D eigenvalue weighted by Crippen LogP contribution is -2.26. The summed E-state index contributed by atoms with van der Waals surface area (Å²) in [5.74, 6) is 0.978. The number of aromatic nitrogens is 2. The summed E-state index contributed by atoms with van der Waals surface area (Å²) in [6.45, 7) is 7.72. The molecule has 1 rings (SSSR count). The standard InChI is InChI=1S/C13H26N4O/c1-6-7-11-12(14)13(17(5)15-11)16(4)8-9-18-10(2)3/h10H,6-9,14H2,1-5H3. The van der Waals surface area contributed by atoms with Gasteiger partial charge in [0, 0.05) is 20.6 Å². The van der Waals surface area contributed by atoms with Crippen LogP contribution in [-0.2, 0) is 18.2 Å². The van der Waals surface area contributed by atoms with E-state index in [1.807, 2.05) is 32.6 Å². The number of nitrogen functional groups attached to an aromatic ring is 1. The van der Waals surface area contributed by atoms with E-state index in [4.69, 9.17) is 10.5 Å². The van der Waals surface area contributed by atoms with Crippen molar-refractivity contribution >= 4 is 11.5 Å². The van der Waals surface area contributed by atoms with Crippen molar-refractivity contribution in [1.29, 1.82) is 0 Å². The first-order valence-electron chi connectivity index (χ1n) is 6.61. The van der Waals surface area contributed by atoms with Gasteiger partial charge in [-0.05, 0) is 20.3 Å². The van der Waals surface area contributed by atoms with Gasteiger partial charge in [-0.15, -0.1) is 0 Å². The second kappa shape index (κ2) is 6.64. The minimum Gasteiger partial charge on any atom is -0.394 e. The van der Waals surface area contributed by atoms with Crippen LogP contribution < -0.4 is 10.6 Å². The molecule has 0 saturated carbocycles. The Morgan fingerprint density at radius 3 is 2.67 bits per heavy atom. The number of anilines is 2. The van der Waals surface area contributed by atoms with Gasteiger partial charge in [-0.25, -0.2) is 0 Å². The highest BCUT2D eigenvalue weighted by Crippen LogP contribution is 2.25. The second-order valence-electron chi connectivity index (χ2n) is 4.90. The zero-order valence-electron chi connectivity index (χ0n) is 12.2. The smallest absolute Gasteiger partial charge is 0.150 e. The molecule has 0 amide bonds. The topological polar surface area (TPSA) is 56.3 Å². The molecule has 1 aromatic rings. The van der Waals surface area contributed by atoms with Gasteiger partial charge < -0.3 is 15.4 Å². The van der Waals surface area contributed by atoms with Gasteiger partial charge in [0.15, 0.2) is 0 Å². The molecule has 0 spiro atoms. The van der Waals surface area contributed by atoms with Crippen molar-refractivity contribution in [3.05, 3.63) is 5.69 Å². The Labute approximate surface area is 110 Å². The Kier molecular flexibility index (Phi) is 5.47. The van der Waals surface area contributed by atoms with Crippen LogP contribution in [-0.4, -0.2) is 36.1 Å². The van der Waals surface area contributed by atoms with E-state index in [2.05, 4.69) is 16.9 Å². The number of nitrogens with two attached hydrogens (primary N) is 1. The molecule has 0 aliphatic heterocycles. The van der Waals surface area contributed by atoms with Crippen molar-refractivity contribution in [3.8, 4) is 0 Å². The van der Waals surface area contributed by atoms with Crippen LogP contribution >= 0.6 is 0 Å². The monoisotopic (exact) mass is 254 g/mol. The molecule has 2 N–H and O–H groups in total. The van der Waals surface area contributed by atoms with Crippen LogP contribution in [0.2, 0.25) is 0 Å². The van der Waals surface area contributed by atoms with Crippen LogP contribution in [0.25, 0.3) is 0 Å². The van der Waals surface area contributed by atoms with Crippen LogP contribution in [0.4, 0.5) is 11.5 Å². The minimum atomic E-state index is 0.262. The fraction of sp³-hybridized carbons (Fsp3) is 0.769. The highest BCUT2D eigenvalue weighted by Gasteiger charge is 2.16. The Balaban J connectivity index is 2.69. The first-order chi connectivity index (χ1) is 8.47. The summed E-state index contributed by atoms with van der Waals surface area (Å²) in [5, 5.41) is 4.47. The fourth-order valence-corrected chi connectivity index (χ4v) is 1.99. The van der Waals surface area contributed by atoms with E-state index in [-0.39, 0.29) is 6.10 Å². The zero-order valence-corrected chi connectivity index (χ0v) is 12.2. The molecular formula is C13H26N4O. The van der Waals surface area contributed by atoms with Crippen molar-refractivity contribution in [2.75, 3.05) is 30.8 Å². The molecule has 5 nitrogen and oxygen atoms in total. The lowest BCUT2D eigenvalue weighted by molar-refractivity contribution is 0.0845. The number of nitrogens with zero attached hydrogens (tertiary/aromatic N) is 3. The predicted octanol–water partition coefficient (Wildman–Crippen LogP) is 1.82. The maximum Gasteiger partial charge on any atom is 0.150 e. The Bertz CT molecular complexity index is 373. The number of aryl methyl sites for hydroxylation is 2. The molecule has 18 heavy (non-hydrogen) atoms.